The first-order valence-electron chi connectivity index (χ1n) is 5.53. The van der Waals surface area contributed by atoms with Crippen LogP contribution in [0.2, 0.25) is 0 Å². The molecule has 1 unspecified atom stereocenters. The molecule has 7 nitrogen and oxygen atoms in total. The highest BCUT2D eigenvalue weighted by atomic mass is 32.2. The van der Waals surface area contributed by atoms with Gasteiger partial charge in [0.2, 0.25) is 0 Å². The topological polar surface area (TPSA) is 96.0 Å². The average Bonchev–Trinajstić information content (AvgIpc) is 2.46. The van der Waals surface area contributed by atoms with E-state index in [9.17, 15) is 18.0 Å². The number of methoxy groups -OCH3 is 2. The molecule has 0 aliphatic rings. The van der Waals surface area contributed by atoms with Gasteiger partial charge >= 0.3 is 11.9 Å². The lowest BCUT2D eigenvalue weighted by molar-refractivity contribution is -0.155. The molecule has 8 heteroatoms. The molecule has 0 aromatic heterocycles. The standard InChI is InChI=1S/C12H14O7S/c1-17-11(13)8-10(12(14)18-2)19-20(15,16)9-6-4-3-5-7-9/h3-7,10H,8H2,1-2H3. The van der Waals surface area contributed by atoms with Crippen molar-refractivity contribution in [3.8, 4) is 0 Å². The molecular weight excluding hydrogens is 288 g/mol. The molecule has 0 fully saturated rings. The first-order valence-corrected chi connectivity index (χ1v) is 6.94. The predicted molar refractivity (Wildman–Crippen MR) is 67.1 cm³/mol. The molecule has 0 radical (unpaired) electrons. The number of hydrogen-bond donors (Lipinski definition) is 0. The third kappa shape index (κ3) is 4.32. The van der Waals surface area contributed by atoms with Crippen LogP contribution < -0.4 is 0 Å². The molecule has 0 bridgehead atoms. The maximum Gasteiger partial charge on any atom is 0.337 e. The first-order chi connectivity index (χ1) is 9.40. The number of ether oxygens (including phenoxy) is 2. The number of benzene rings is 1. The minimum atomic E-state index is -4.18. The Kier molecular flexibility index (Phi) is 5.66. The summed E-state index contributed by atoms with van der Waals surface area (Å²) in [5.41, 5.74) is 0. The summed E-state index contributed by atoms with van der Waals surface area (Å²) in [6, 6.07) is 7.25. The van der Waals surface area contributed by atoms with E-state index >= 15 is 0 Å². The van der Waals surface area contributed by atoms with Gasteiger partial charge in [0.05, 0.1) is 25.5 Å². The fourth-order valence-corrected chi connectivity index (χ4v) is 2.37. The maximum atomic E-state index is 12.0. The van der Waals surface area contributed by atoms with Crippen molar-refractivity contribution in [1.82, 2.24) is 0 Å². The van der Waals surface area contributed by atoms with Crippen molar-refractivity contribution in [1.29, 1.82) is 0 Å². The molecule has 1 atom stereocenters. The van der Waals surface area contributed by atoms with Gasteiger partial charge in [0.1, 0.15) is 0 Å². The van der Waals surface area contributed by atoms with E-state index in [0.717, 1.165) is 14.2 Å². The van der Waals surface area contributed by atoms with Crippen molar-refractivity contribution in [3.05, 3.63) is 30.3 Å². The molecule has 110 valence electrons. The normalized spacial score (nSPS) is 12.5. The van der Waals surface area contributed by atoms with Gasteiger partial charge in [-0.3, -0.25) is 8.98 Å². The smallest absolute Gasteiger partial charge is 0.337 e. The summed E-state index contributed by atoms with van der Waals surface area (Å²) in [4.78, 5) is 22.5. The lowest BCUT2D eigenvalue weighted by Crippen LogP contribution is -2.31. The lowest BCUT2D eigenvalue weighted by Gasteiger charge is -2.14. The Hall–Kier alpha value is -1.93. The third-order valence-corrected chi connectivity index (χ3v) is 3.65. The second kappa shape index (κ2) is 7.01. The molecule has 0 aliphatic carbocycles. The van der Waals surface area contributed by atoms with Gasteiger partial charge in [0.25, 0.3) is 10.1 Å². The molecule has 0 spiro atoms. The number of carbonyl (C=O) groups is 2. The first kappa shape index (κ1) is 16.1. The van der Waals surface area contributed by atoms with Gasteiger partial charge in [0.15, 0.2) is 6.10 Å². The van der Waals surface area contributed by atoms with Crippen LogP contribution in [0.4, 0.5) is 0 Å². The number of rotatable bonds is 6. The van der Waals surface area contributed by atoms with E-state index in [1.807, 2.05) is 0 Å². The van der Waals surface area contributed by atoms with Gasteiger partial charge in [0, 0.05) is 0 Å². The zero-order valence-electron chi connectivity index (χ0n) is 10.9. The Labute approximate surface area is 116 Å². The fraction of sp³-hybridized carbons (Fsp3) is 0.333. The van der Waals surface area contributed by atoms with E-state index in [0.29, 0.717) is 0 Å². The minimum Gasteiger partial charge on any atom is -0.469 e. The van der Waals surface area contributed by atoms with Crippen LogP contribution >= 0.6 is 0 Å². The molecule has 1 aromatic rings. The highest BCUT2D eigenvalue weighted by molar-refractivity contribution is 7.86. The summed E-state index contributed by atoms with van der Waals surface area (Å²) in [7, 11) is -2.00. The summed E-state index contributed by atoms with van der Waals surface area (Å²) >= 11 is 0. The Balaban J connectivity index is 2.94. The van der Waals surface area contributed by atoms with E-state index in [2.05, 4.69) is 9.47 Å². The second-order valence-corrected chi connectivity index (χ2v) is 5.23. The van der Waals surface area contributed by atoms with Crippen molar-refractivity contribution in [3.63, 3.8) is 0 Å². The van der Waals surface area contributed by atoms with Gasteiger partial charge < -0.3 is 9.47 Å². The number of carbonyl (C=O) groups excluding carboxylic acids is 2. The molecule has 1 rings (SSSR count). The maximum absolute atomic E-state index is 12.0. The molecule has 0 aliphatic heterocycles. The van der Waals surface area contributed by atoms with Crippen molar-refractivity contribution < 1.29 is 31.7 Å². The van der Waals surface area contributed by atoms with Gasteiger partial charge in [-0.25, -0.2) is 4.79 Å². The van der Waals surface area contributed by atoms with Crippen molar-refractivity contribution in [2.24, 2.45) is 0 Å². The molecule has 0 heterocycles. The van der Waals surface area contributed by atoms with Crippen LogP contribution in [0.25, 0.3) is 0 Å². The molecule has 0 N–H and O–H groups in total. The third-order valence-electron chi connectivity index (χ3n) is 2.32. The van der Waals surface area contributed by atoms with E-state index in [1.54, 1.807) is 6.07 Å². The van der Waals surface area contributed by atoms with Gasteiger partial charge in [-0.2, -0.15) is 8.42 Å². The van der Waals surface area contributed by atoms with Crippen molar-refractivity contribution >= 4 is 22.1 Å². The fourth-order valence-electron chi connectivity index (χ4n) is 1.32. The lowest BCUT2D eigenvalue weighted by atomic mass is 10.2. The Morgan fingerprint density at radius 2 is 1.70 bits per heavy atom. The number of hydrogen-bond acceptors (Lipinski definition) is 7. The summed E-state index contributed by atoms with van der Waals surface area (Å²) in [6.45, 7) is 0. The van der Waals surface area contributed by atoms with Gasteiger partial charge in [-0.1, -0.05) is 18.2 Å². The monoisotopic (exact) mass is 302 g/mol. The van der Waals surface area contributed by atoms with Crippen LogP contribution in [0, 0.1) is 0 Å². The van der Waals surface area contributed by atoms with E-state index in [-0.39, 0.29) is 4.90 Å². The zero-order valence-corrected chi connectivity index (χ0v) is 11.8. The Bertz CT molecular complexity index is 565. The van der Waals surface area contributed by atoms with Crippen LogP contribution in [0.1, 0.15) is 6.42 Å². The molecule has 1 aromatic carbocycles. The summed E-state index contributed by atoms with van der Waals surface area (Å²) in [6.07, 6.45) is -2.15. The van der Waals surface area contributed by atoms with E-state index < -0.39 is 34.6 Å². The van der Waals surface area contributed by atoms with Crippen LogP contribution in [0.3, 0.4) is 0 Å². The number of esters is 2. The minimum absolute atomic E-state index is 0.126. The van der Waals surface area contributed by atoms with Gasteiger partial charge in [-0.05, 0) is 12.1 Å². The highest BCUT2D eigenvalue weighted by Gasteiger charge is 2.30. The molecule has 0 saturated heterocycles. The average molecular weight is 302 g/mol. The molecule has 0 saturated carbocycles. The summed E-state index contributed by atoms with van der Waals surface area (Å²) < 4.78 is 37.4. The second-order valence-electron chi connectivity index (χ2n) is 3.66. The van der Waals surface area contributed by atoms with E-state index in [1.165, 1.54) is 24.3 Å². The quantitative estimate of drug-likeness (QED) is 0.557. The van der Waals surface area contributed by atoms with Crippen LogP contribution in [0.15, 0.2) is 35.2 Å². The SMILES string of the molecule is COC(=O)CC(OS(=O)(=O)c1ccccc1)C(=O)OC. The van der Waals surface area contributed by atoms with Gasteiger partial charge in [-0.15, -0.1) is 0 Å². The Morgan fingerprint density at radius 3 is 2.20 bits per heavy atom. The zero-order chi connectivity index (χ0) is 15.2. The molecule has 0 amide bonds. The Morgan fingerprint density at radius 1 is 1.10 bits per heavy atom. The largest absolute Gasteiger partial charge is 0.469 e. The van der Waals surface area contributed by atoms with Crippen LogP contribution in [0.5, 0.6) is 0 Å². The molecule has 20 heavy (non-hydrogen) atoms. The predicted octanol–water partition coefficient (Wildman–Crippen LogP) is 0.497. The van der Waals surface area contributed by atoms with Crippen LogP contribution in [-0.4, -0.2) is 40.7 Å². The van der Waals surface area contributed by atoms with Crippen molar-refractivity contribution in [2.45, 2.75) is 17.4 Å². The summed E-state index contributed by atoms with van der Waals surface area (Å²) in [5, 5.41) is 0. The van der Waals surface area contributed by atoms with Crippen LogP contribution in [-0.2, 0) is 33.4 Å². The van der Waals surface area contributed by atoms with Crippen molar-refractivity contribution in [2.75, 3.05) is 14.2 Å². The summed E-state index contributed by atoms with van der Waals surface area (Å²) in [5.74, 6) is -1.77. The molecular formula is C12H14O7S. The highest BCUT2D eigenvalue weighted by Crippen LogP contribution is 2.16. The van der Waals surface area contributed by atoms with E-state index in [4.69, 9.17) is 4.18 Å².